The highest BCUT2D eigenvalue weighted by molar-refractivity contribution is 7.99. The summed E-state index contributed by atoms with van der Waals surface area (Å²) >= 11 is 1.30. The Balaban J connectivity index is 1.53. The lowest BCUT2D eigenvalue weighted by molar-refractivity contribution is -0.128. The van der Waals surface area contributed by atoms with Gasteiger partial charge in [-0.2, -0.15) is 0 Å². The van der Waals surface area contributed by atoms with Gasteiger partial charge in [0.1, 0.15) is 5.75 Å². The van der Waals surface area contributed by atoms with Crippen molar-refractivity contribution in [3.63, 3.8) is 0 Å². The average Bonchev–Trinajstić information content (AvgIpc) is 3.35. The number of rotatable bonds is 7. The maximum atomic E-state index is 13.5. The van der Waals surface area contributed by atoms with Crippen LogP contribution in [0.5, 0.6) is 5.75 Å². The zero-order chi connectivity index (χ0) is 25.2. The number of methoxy groups -OCH3 is 1. The van der Waals surface area contributed by atoms with Crippen LogP contribution in [0.2, 0.25) is 0 Å². The van der Waals surface area contributed by atoms with Crippen LogP contribution < -0.4 is 10.3 Å². The van der Waals surface area contributed by atoms with Gasteiger partial charge in [0.2, 0.25) is 11.7 Å². The fourth-order valence-corrected chi connectivity index (χ4v) is 5.02. The Morgan fingerprint density at radius 2 is 1.78 bits per heavy atom. The van der Waals surface area contributed by atoms with E-state index >= 15 is 0 Å². The SMILES string of the molecule is COc1cccc(-n2c(=O)c3ccccc3n3c(SCC(=O)N(C)C(C)c4ccccc4)nnc23)c1. The van der Waals surface area contributed by atoms with Crippen LogP contribution in [0.25, 0.3) is 22.4 Å². The molecule has 36 heavy (non-hydrogen) atoms. The van der Waals surface area contributed by atoms with E-state index in [-0.39, 0.29) is 23.3 Å². The molecule has 1 unspecified atom stereocenters. The molecule has 1 atom stereocenters. The van der Waals surface area contributed by atoms with E-state index < -0.39 is 0 Å². The van der Waals surface area contributed by atoms with Crippen molar-refractivity contribution in [1.82, 2.24) is 24.1 Å². The van der Waals surface area contributed by atoms with E-state index in [1.165, 1.54) is 16.3 Å². The molecule has 0 fully saturated rings. The van der Waals surface area contributed by atoms with Crippen molar-refractivity contribution in [3.05, 3.63) is 94.8 Å². The Bertz CT molecular complexity index is 1610. The monoisotopic (exact) mass is 499 g/mol. The molecule has 3 aromatic carbocycles. The number of carbonyl (C=O) groups is 1. The zero-order valence-electron chi connectivity index (χ0n) is 20.2. The molecule has 0 aliphatic heterocycles. The molecule has 8 nitrogen and oxygen atoms in total. The van der Waals surface area contributed by atoms with Gasteiger partial charge in [-0.3, -0.25) is 14.0 Å². The number of nitrogens with zero attached hydrogens (tertiary/aromatic N) is 5. The summed E-state index contributed by atoms with van der Waals surface area (Å²) in [7, 11) is 3.38. The van der Waals surface area contributed by atoms with Crippen molar-refractivity contribution < 1.29 is 9.53 Å². The molecule has 2 heterocycles. The largest absolute Gasteiger partial charge is 0.497 e. The van der Waals surface area contributed by atoms with Crippen LogP contribution in [-0.4, -0.2) is 49.9 Å². The second-order valence-electron chi connectivity index (χ2n) is 8.36. The minimum Gasteiger partial charge on any atom is -0.497 e. The molecule has 9 heteroatoms. The maximum absolute atomic E-state index is 13.5. The van der Waals surface area contributed by atoms with Crippen LogP contribution in [0.3, 0.4) is 0 Å². The Morgan fingerprint density at radius 1 is 1.03 bits per heavy atom. The van der Waals surface area contributed by atoms with Crippen LogP contribution in [0, 0.1) is 0 Å². The number of para-hydroxylation sites is 1. The molecule has 0 aliphatic carbocycles. The molecular weight excluding hydrogens is 474 g/mol. The van der Waals surface area contributed by atoms with Gasteiger partial charge in [-0.15, -0.1) is 10.2 Å². The highest BCUT2D eigenvalue weighted by atomic mass is 32.2. The maximum Gasteiger partial charge on any atom is 0.267 e. The summed E-state index contributed by atoms with van der Waals surface area (Å²) in [5, 5.41) is 9.78. The van der Waals surface area contributed by atoms with Crippen molar-refractivity contribution in [2.24, 2.45) is 0 Å². The van der Waals surface area contributed by atoms with Gasteiger partial charge < -0.3 is 9.64 Å². The molecule has 0 bridgehead atoms. The number of fused-ring (bicyclic) bond motifs is 3. The van der Waals surface area contributed by atoms with Crippen LogP contribution in [0.4, 0.5) is 0 Å². The number of aromatic nitrogens is 4. The summed E-state index contributed by atoms with van der Waals surface area (Å²) in [6, 6.07) is 24.4. The molecule has 0 N–H and O–H groups in total. The van der Waals surface area contributed by atoms with Gasteiger partial charge in [-0.25, -0.2) is 4.57 Å². The van der Waals surface area contributed by atoms with Crippen LogP contribution in [0.15, 0.2) is 88.8 Å². The Kier molecular flexibility index (Phi) is 6.47. The molecule has 0 radical (unpaired) electrons. The first-order valence-electron chi connectivity index (χ1n) is 11.5. The third-order valence-corrected chi connectivity index (χ3v) is 7.20. The minimum atomic E-state index is -0.206. The lowest BCUT2D eigenvalue weighted by Gasteiger charge is -2.25. The summed E-state index contributed by atoms with van der Waals surface area (Å²) in [5.74, 6) is 1.15. The van der Waals surface area contributed by atoms with Crippen molar-refractivity contribution in [2.75, 3.05) is 19.9 Å². The van der Waals surface area contributed by atoms with Gasteiger partial charge in [-0.1, -0.05) is 60.3 Å². The number of carbonyl (C=O) groups excluding carboxylic acids is 1. The third kappa shape index (κ3) is 4.22. The van der Waals surface area contributed by atoms with E-state index in [2.05, 4.69) is 10.2 Å². The molecule has 5 rings (SSSR count). The van der Waals surface area contributed by atoms with E-state index in [0.29, 0.717) is 33.3 Å². The van der Waals surface area contributed by atoms with Gasteiger partial charge >= 0.3 is 0 Å². The summed E-state index contributed by atoms with van der Waals surface area (Å²) in [6.45, 7) is 2.00. The van der Waals surface area contributed by atoms with Gasteiger partial charge in [0.15, 0.2) is 5.16 Å². The second-order valence-corrected chi connectivity index (χ2v) is 9.30. The average molecular weight is 500 g/mol. The van der Waals surface area contributed by atoms with Crippen molar-refractivity contribution >= 4 is 34.3 Å². The number of thioether (sulfide) groups is 1. The minimum absolute atomic E-state index is 0.0291. The topological polar surface area (TPSA) is 81.7 Å². The number of hydrogen-bond donors (Lipinski definition) is 0. The van der Waals surface area contributed by atoms with E-state index in [1.807, 2.05) is 78.1 Å². The quantitative estimate of drug-likeness (QED) is 0.310. The van der Waals surface area contributed by atoms with Crippen molar-refractivity contribution in [2.45, 2.75) is 18.1 Å². The lowest BCUT2D eigenvalue weighted by atomic mass is 10.1. The number of ether oxygens (including phenoxy) is 1. The molecule has 0 saturated carbocycles. The molecule has 1 amide bonds. The fourth-order valence-electron chi connectivity index (χ4n) is 4.15. The van der Waals surface area contributed by atoms with Crippen molar-refractivity contribution in [1.29, 1.82) is 0 Å². The summed E-state index contributed by atoms with van der Waals surface area (Å²) < 4.78 is 8.70. The van der Waals surface area contributed by atoms with Crippen LogP contribution >= 0.6 is 11.8 Å². The summed E-state index contributed by atoms with van der Waals surface area (Å²) in [6.07, 6.45) is 0. The number of amides is 1. The number of hydrogen-bond acceptors (Lipinski definition) is 6. The molecule has 0 spiro atoms. The van der Waals surface area contributed by atoms with E-state index in [0.717, 1.165) is 5.56 Å². The lowest BCUT2D eigenvalue weighted by Crippen LogP contribution is -2.31. The Labute approximate surface area is 212 Å². The second kappa shape index (κ2) is 9.87. The first-order chi connectivity index (χ1) is 17.5. The molecule has 0 saturated heterocycles. The Hall–Kier alpha value is -4.11. The molecular formula is C27H25N5O3S. The standard InChI is InChI=1S/C27H25N5O3S/c1-18(19-10-5-4-6-11-19)30(2)24(33)17-36-27-29-28-26-31(20-12-9-13-21(16-20)35-3)25(34)22-14-7-8-15-23(22)32(26)27/h4-16,18H,17H2,1-3H3. The normalized spacial score (nSPS) is 12.1. The van der Waals surface area contributed by atoms with Gasteiger partial charge in [0.05, 0.1) is 35.5 Å². The van der Waals surface area contributed by atoms with Crippen LogP contribution in [-0.2, 0) is 4.79 Å². The summed E-state index contributed by atoms with van der Waals surface area (Å²) in [4.78, 5) is 28.3. The van der Waals surface area contributed by atoms with E-state index in [9.17, 15) is 9.59 Å². The summed E-state index contributed by atoms with van der Waals surface area (Å²) in [5.41, 5.74) is 2.16. The van der Waals surface area contributed by atoms with E-state index in [4.69, 9.17) is 4.74 Å². The number of benzene rings is 3. The zero-order valence-corrected chi connectivity index (χ0v) is 21.0. The molecule has 182 valence electrons. The predicted molar refractivity (Wildman–Crippen MR) is 141 cm³/mol. The Morgan fingerprint density at radius 3 is 2.56 bits per heavy atom. The fraction of sp³-hybridized carbons (Fsp3) is 0.185. The highest BCUT2D eigenvalue weighted by Gasteiger charge is 2.21. The van der Waals surface area contributed by atoms with Gasteiger partial charge in [0, 0.05) is 13.1 Å². The predicted octanol–water partition coefficient (Wildman–Crippen LogP) is 4.35. The van der Waals surface area contributed by atoms with Gasteiger partial charge in [-0.05, 0) is 36.8 Å². The molecule has 2 aromatic heterocycles. The molecule has 0 aliphatic rings. The first-order valence-corrected chi connectivity index (χ1v) is 12.4. The third-order valence-electron chi connectivity index (χ3n) is 6.29. The first kappa shape index (κ1) is 23.6. The smallest absolute Gasteiger partial charge is 0.267 e. The van der Waals surface area contributed by atoms with Gasteiger partial charge in [0.25, 0.3) is 5.56 Å². The van der Waals surface area contributed by atoms with E-state index in [1.54, 1.807) is 31.2 Å². The molecule has 5 aromatic rings. The van der Waals surface area contributed by atoms with Crippen LogP contribution in [0.1, 0.15) is 18.5 Å². The van der Waals surface area contributed by atoms with Crippen molar-refractivity contribution in [3.8, 4) is 11.4 Å². The highest BCUT2D eigenvalue weighted by Crippen LogP contribution is 2.26.